The highest BCUT2D eigenvalue weighted by molar-refractivity contribution is 5.34. The highest BCUT2D eigenvalue weighted by Gasteiger charge is 2.04. The molecule has 0 N–H and O–H groups in total. The third kappa shape index (κ3) is 2.45. The van der Waals surface area contributed by atoms with Gasteiger partial charge >= 0.3 is 0 Å². The Morgan fingerprint density at radius 2 is 1.92 bits per heavy atom. The number of hydrogen-bond donors (Lipinski definition) is 0. The second kappa shape index (κ2) is 4.27. The van der Waals surface area contributed by atoms with Crippen molar-refractivity contribution in [3.05, 3.63) is 47.0 Å². The maximum absolute atomic E-state index is 2.28. The molecule has 0 aliphatic carbocycles. The Hall–Kier alpha value is -1.04. The molecule has 1 aromatic rings. The molecular formula is C13H18. The van der Waals surface area contributed by atoms with Crippen LogP contribution in [0.3, 0.4) is 0 Å². The minimum Gasteiger partial charge on any atom is -0.0911 e. The summed E-state index contributed by atoms with van der Waals surface area (Å²) >= 11 is 0. The van der Waals surface area contributed by atoms with Gasteiger partial charge in [0.2, 0.25) is 0 Å². The van der Waals surface area contributed by atoms with Crippen molar-refractivity contribution in [2.24, 2.45) is 0 Å². The van der Waals surface area contributed by atoms with E-state index >= 15 is 0 Å². The molecule has 0 radical (unpaired) electrons. The van der Waals surface area contributed by atoms with Gasteiger partial charge in [-0.1, -0.05) is 42.8 Å². The van der Waals surface area contributed by atoms with Gasteiger partial charge in [-0.15, -0.1) is 0 Å². The van der Waals surface area contributed by atoms with Gasteiger partial charge in [0.25, 0.3) is 0 Å². The first-order valence-electron chi connectivity index (χ1n) is 4.85. The fraction of sp³-hybridized carbons (Fsp3) is 0.385. The Kier molecular flexibility index (Phi) is 3.30. The molecule has 0 nitrogen and oxygen atoms in total. The van der Waals surface area contributed by atoms with Gasteiger partial charge in [0, 0.05) is 0 Å². The van der Waals surface area contributed by atoms with Gasteiger partial charge in [0.1, 0.15) is 0 Å². The smallest absolute Gasteiger partial charge is 0.000783 e. The molecule has 0 fully saturated rings. The Labute approximate surface area is 81.3 Å². The molecule has 1 rings (SSSR count). The van der Waals surface area contributed by atoms with E-state index in [0.29, 0.717) is 5.92 Å². The molecule has 0 aliphatic rings. The molecule has 0 aromatic heterocycles. The number of rotatable bonds is 2. The topological polar surface area (TPSA) is 0 Å². The van der Waals surface area contributed by atoms with Crippen LogP contribution in [0.5, 0.6) is 0 Å². The fourth-order valence-electron chi connectivity index (χ4n) is 1.64. The van der Waals surface area contributed by atoms with Crippen molar-refractivity contribution in [3.63, 3.8) is 0 Å². The van der Waals surface area contributed by atoms with E-state index in [0.717, 1.165) is 0 Å². The van der Waals surface area contributed by atoms with Crippen LogP contribution in [0.2, 0.25) is 0 Å². The van der Waals surface area contributed by atoms with E-state index in [-0.39, 0.29) is 0 Å². The Morgan fingerprint density at radius 3 is 2.54 bits per heavy atom. The first-order chi connectivity index (χ1) is 6.15. The summed E-state index contributed by atoms with van der Waals surface area (Å²) in [5.74, 6) is 0.532. The van der Waals surface area contributed by atoms with Crippen molar-refractivity contribution in [1.82, 2.24) is 0 Å². The minimum absolute atomic E-state index is 0.532. The average Bonchev–Trinajstić information content (AvgIpc) is 2.09. The molecule has 0 bridgehead atoms. The molecule has 0 saturated heterocycles. The van der Waals surface area contributed by atoms with E-state index in [2.05, 4.69) is 58.0 Å². The number of hydrogen-bond acceptors (Lipinski definition) is 0. The summed E-state index contributed by atoms with van der Waals surface area (Å²) in [5.41, 5.74) is 4.17. The zero-order valence-electron chi connectivity index (χ0n) is 8.96. The molecule has 0 amide bonds. The molecule has 1 unspecified atom stereocenters. The zero-order valence-corrected chi connectivity index (χ0v) is 8.96. The van der Waals surface area contributed by atoms with Crippen molar-refractivity contribution in [1.29, 1.82) is 0 Å². The average molecular weight is 174 g/mol. The number of allylic oxidation sites excluding steroid dienone is 2. The molecule has 0 heterocycles. The maximum atomic E-state index is 2.28. The zero-order chi connectivity index (χ0) is 9.84. The third-order valence-electron chi connectivity index (χ3n) is 2.41. The lowest BCUT2D eigenvalue weighted by Gasteiger charge is -2.11. The van der Waals surface area contributed by atoms with E-state index in [4.69, 9.17) is 0 Å². The van der Waals surface area contributed by atoms with Gasteiger partial charge in [0.05, 0.1) is 0 Å². The second-order valence-corrected chi connectivity index (χ2v) is 3.67. The molecule has 0 spiro atoms. The van der Waals surface area contributed by atoms with E-state index in [1.165, 1.54) is 16.7 Å². The normalized spacial score (nSPS) is 13.5. The first kappa shape index (κ1) is 10.0. The van der Waals surface area contributed by atoms with Crippen molar-refractivity contribution >= 4 is 0 Å². The summed E-state index contributed by atoms with van der Waals surface area (Å²) in [5, 5.41) is 0. The van der Waals surface area contributed by atoms with Crippen LogP contribution in [-0.2, 0) is 0 Å². The van der Waals surface area contributed by atoms with E-state index in [9.17, 15) is 0 Å². The van der Waals surface area contributed by atoms with Crippen molar-refractivity contribution in [2.75, 3.05) is 0 Å². The van der Waals surface area contributed by atoms with Crippen LogP contribution >= 0.6 is 0 Å². The van der Waals surface area contributed by atoms with Crippen LogP contribution in [0.4, 0.5) is 0 Å². The van der Waals surface area contributed by atoms with Crippen LogP contribution in [0.15, 0.2) is 30.4 Å². The lowest BCUT2D eigenvalue weighted by atomic mass is 9.94. The molecule has 0 aliphatic heterocycles. The molecule has 1 aromatic carbocycles. The fourth-order valence-corrected chi connectivity index (χ4v) is 1.64. The monoisotopic (exact) mass is 174 g/mol. The number of aryl methyl sites for hydroxylation is 2. The lowest BCUT2D eigenvalue weighted by molar-refractivity contribution is 0.947. The largest absolute Gasteiger partial charge is 0.0911 e. The van der Waals surface area contributed by atoms with Crippen molar-refractivity contribution < 1.29 is 0 Å². The molecule has 0 heteroatoms. The molecule has 13 heavy (non-hydrogen) atoms. The van der Waals surface area contributed by atoms with Gasteiger partial charge in [-0.2, -0.15) is 0 Å². The van der Waals surface area contributed by atoms with Crippen LogP contribution in [0, 0.1) is 13.8 Å². The molecule has 1 atom stereocenters. The Bertz CT molecular complexity index is 308. The summed E-state index contributed by atoms with van der Waals surface area (Å²) < 4.78 is 0. The lowest BCUT2D eigenvalue weighted by Crippen LogP contribution is -1.93. The van der Waals surface area contributed by atoms with E-state index in [1.807, 2.05) is 0 Å². The van der Waals surface area contributed by atoms with E-state index < -0.39 is 0 Å². The number of benzene rings is 1. The van der Waals surface area contributed by atoms with Gasteiger partial charge in [-0.3, -0.25) is 0 Å². The minimum atomic E-state index is 0.532. The summed E-state index contributed by atoms with van der Waals surface area (Å²) in [6.07, 6.45) is 4.36. The van der Waals surface area contributed by atoms with Crippen LogP contribution in [0.25, 0.3) is 0 Å². The van der Waals surface area contributed by atoms with Crippen molar-refractivity contribution in [3.8, 4) is 0 Å². The van der Waals surface area contributed by atoms with Crippen molar-refractivity contribution in [2.45, 2.75) is 33.6 Å². The predicted octanol–water partition coefficient (Wildman–Crippen LogP) is 3.98. The van der Waals surface area contributed by atoms with Crippen LogP contribution < -0.4 is 0 Å². The Balaban J connectivity index is 3.05. The second-order valence-electron chi connectivity index (χ2n) is 3.67. The maximum Gasteiger partial charge on any atom is -0.000783 e. The molecule has 0 saturated carbocycles. The highest BCUT2D eigenvalue weighted by Crippen LogP contribution is 2.21. The molecular weight excluding hydrogens is 156 g/mol. The molecule has 70 valence electrons. The van der Waals surface area contributed by atoms with E-state index in [1.54, 1.807) is 0 Å². The Morgan fingerprint density at radius 1 is 1.23 bits per heavy atom. The SMILES string of the molecule is C/C=C/C(C)c1cc(C)ccc1C. The summed E-state index contributed by atoms with van der Waals surface area (Å²) in [6.45, 7) is 8.63. The standard InChI is InChI=1S/C13H18/c1-5-6-11(3)13-9-10(2)7-8-12(13)4/h5-9,11H,1-4H3/b6-5+. The van der Waals surface area contributed by atoms with Gasteiger partial charge in [0.15, 0.2) is 0 Å². The van der Waals surface area contributed by atoms with Gasteiger partial charge < -0.3 is 0 Å². The van der Waals surface area contributed by atoms with Crippen LogP contribution in [0.1, 0.15) is 36.5 Å². The first-order valence-corrected chi connectivity index (χ1v) is 4.85. The highest BCUT2D eigenvalue weighted by atomic mass is 14.1. The summed E-state index contributed by atoms with van der Waals surface area (Å²) in [6, 6.07) is 6.64. The quantitative estimate of drug-likeness (QED) is 0.595. The van der Waals surface area contributed by atoms with Gasteiger partial charge in [-0.25, -0.2) is 0 Å². The van der Waals surface area contributed by atoms with Crippen LogP contribution in [-0.4, -0.2) is 0 Å². The predicted molar refractivity (Wildman–Crippen MR) is 59.1 cm³/mol. The summed E-state index contributed by atoms with van der Waals surface area (Å²) in [7, 11) is 0. The summed E-state index contributed by atoms with van der Waals surface area (Å²) in [4.78, 5) is 0. The third-order valence-corrected chi connectivity index (χ3v) is 2.41. The van der Waals surface area contributed by atoms with Gasteiger partial charge in [-0.05, 0) is 37.8 Å².